The molecule has 2 aliphatic heterocycles. The lowest BCUT2D eigenvalue weighted by atomic mass is 9.84. The maximum atomic E-state index is 5.39. The van der Waals surface area contributed by atoms with Crippen LogP contribution in [0.4, 0.5) is 0 Å². The maximum absolute atomic E-state index is 5.39. The molecule has 4 heterocycles. The van der Waals surface area contributed by atoms with E-state index in [1.165, 1.54) is 87.9 Å². The molecule has 1 aliphatic carbocycles. The van der Waals surface area contributed by atoms with E-state index < -0.39 is 0 Å². The molecule has 2 unspecified atom stereocenters. The van der Waals surface area contributed by atoms with E-state index >= 15 is 0 Å². The number of nitrogens with zero attached hydrogens (tertiary/aromatic N) is 3. The van der Waals surface area contributed by atoms with Gasteiger partial charge in [0.05, 0.1) is 19.3 Å². The van der Waals surface area contributed by atoms with E-state index in [-0.39, 0.29) is 6.29 Å². The molecule has 3 fully saturated rings. The fourth-order valence-corrected chi connectivity index (χ4v) is 7.22. The molecule has 0 radical (unpaired) electrons. The van der Waals surface area contributed by atoms with Crippen molar-refractivity contribution in [1.29, 1.82) is 0 Å². The molecule has 2 saturated heterocycles. The first-order valence-electron chi connectivity index (χ1n) is 23.9. The molecule has 9 rings (SSSR count). The average Bonchev–Trinajstić information content (AvgIpc) is 3.29. The highest BCUT2D eigenvalue weighted by atomic mass is 16.7. The minimum absolute atomic E-state index is 0.0196. The van der Waals surface area contributed by atoms with Crippen molar-refractivity contribution in [2.75, 3.05) is 19.8 Å². The largest absolute Gasteiger partial charge is 0.378 e. The Bertz CT molecular complexity index is 1920. The van der Waals surface area contributed by atoms with Gasteiger partial charge in [-0.05, 0) is 150 Å². The normalized spacial score (nSPS) is 21.2. The Kier molecular flexibility index (Phi) is 24.5. The molecule has 348 valence electrons. The summed E-state index contributed by atoms with van der Waals surface area (Å²) in [6, 6.07) is 30.1. The number of aryl methyl sites for hydroxylation is 8. The lowest BCUT2D eigenvalue weighted by Gasteiger charge is -2.24. The molecule has 4 aromatic carbocycles. The van der Waals surface area contributed by atoms with Gasteiger partial charge < -0.3 is 14.2 Å². The summed E-state index contributed by atoms with van der Waals surface area (Å²) in [5.74, 6) is 4.24. The average molecular weight is 870 g/mol. The van der Waals surface area contributed by atoms with E-state index in [9.17, 15) is 0 Å². The highest BCUT2D eigenvalue weighted by Crippen LogP contribution is 2.27. The van der Waals surface area contributed by atoms with Gasteiger partial charge in [0, 0.05) is 36.8 Å². The van der Waals surface area contributed by atoms with E-state index in [1.807, 2.05) is 59.3 Å². The second-order valence-corrected chi connectivity index (χ2v) is 18.9. The molecule has 0 amide bonds. The van der Waals surface area contributed by atoms with Gasteiger partial charge in [-0.3, -0.25) is 4.98 Å². The number of hydrogen-bond donors (Lipinski definition) is 0. The van der Waals surface area contributed by atoms with E-state index in [0.29, 0.717) is 12.0 Å². The molecule has 6 aromatic rings. The highest BCUT2D eigenvalue weighted by molar-refractivity contribution is 5.88. The van der Waals surface area contributed by atoms with Gasteiger partial charge in [-0.15, -0.1) is 0 Å². The summed E-state index contributed by atoms with van der Waals surface area (Å²) in [4.78, 5) is 12.0. The van der Waals surface area contributed by atoms with Crippen LogP contribution in [-0.2, 0) is 14.2 Å². The van der Waals surface area contributed by atoms with Crippen LogP contribution in [0.15, 0.2) is 104 Å². The van der Waals surface area contributed by atoms with E-state index in [2.05, 4.69) is 156 Å². The third-order valence-corrected chi connectivity index (χ3v) is 11.7. The minimum Gasteiger partial charge on any atom is -0.378 e. The Morgan fingerprint density at radius 1 is 0.406 bits per heavy atom. The predicted molar refractivity (Wildman–Crippen MR) is 273 cm³/mol. The third-order valence-electron chi connectivity index (χ3n) is 11.7. The number of pyridine rings is 1. The van der Waals surface area contributed by atoms with Gasteiger partial charge in [-0.25, -0.2) is 9.97 Å². The lowest BCUT2D eigenvalue weighted by molar-refractivity contribution is -0.187. The first-order valence-corrected chi connectivity index (χ1v) is 23.9. The molecular weight excluding hydrogens is 787 g/mol. The standard InChI is InChI=1S/2C12H12.C8H16.C7H9N.C7H14O.C6H8N2.C6H12O2/c1-9-3-5-12-8-10(2)4-6-11(12)7-9;1-9-7-8-10(2)12-6-4-3-5-11(9)12;1-7-3-5-8(2)6-4-7;2*1-6-3-4-7(2)8-5-6;2*1-5-3-7-6(2)8-4-5/h2*3-8H,1-2H3;7-8H,3-6H2,1-2H3;3-5H,1-2H3;6-7H,3-5H2,1-2H3;3-4H,1-2H3;5-6H,3-4H2,1-2H3. The van der Waals surface area contributed by atoms with Crippen molar-refractivity contribution < 1.29 is 14.2 Å². The second-order valence-electron chi connectivity index (χ2n) is 18.9. The third kappa shape index (κ3) is 21.9. The Hall–Kier alpha value is -4.49. The molecule has 64 heavy (non-hydrogen) atoms. The molecule has 6 nitrogen and oxygen atoms in total. The predicted octanol–water partition coefficient (Wildman–Crippen LogP) is 15.4. The first-order chi connectivity index (χ1) is 30.5. The van der Waals surface area contributed by atoms with Crippen molar-refractivity contribution in [2.24, 2.45) is 23.7 Å². The van der Waals surface area contributed by atoms with Crippen molar-refractivity contribution in [3.8, 4) is 0 Å². The molecule has 6 heteroatoms. The quantitative estimate of drug-likeness (QED) is 0.151. The van der Waals surface area contributed by atoms with E-state index in [0.717, 1.165) is 54.7 Å². The monoisotopic (exact) mass is 870 g/mol. The molecule has 0 bridgehead atoms. The van der Waals surface area contributed by atoms with Crippen LogP contribution in [0.2, 0.25) is 0 Å². The van der Waals surface area contributed by atoms with Gasteiger partial charge in [0.2, 0.25) is 0 Å². The van der Waals surface area contributed by atoms with Crippen LogP contribution in [0.25, 0.3) is 21.5 Å². The number of hydrogen-bond acceptors (Lipinski definition) is 6. The van der Waals surface area contributed by atoms with Gasteiger partial charge in [0.1, 0.15) is 5.82 Å². The van der Waals surface area contributed by atoms with Crippen LogP contribution in [0.3, 0.4) is 0 Å². The fourth-order valence-electron chi connectivity index (χ4n) is 7.22. The van der Waals surface area contributed by atoms with Crippen molar-refractivity contribution >= 4 is 21.5 Å². The van der Waals surface area contributed by atoms with Crippen molar-refractivity contribution in [1.82, 2.24) is 15.0 Å². The second kappa shape index (κ2) is 29.1. The summed E-state index contributed by atoms with van der Waals surface area (Å²) in [5.41, 5.74) is 8.77. The van der Waals surface area contributed by atoms with E-state index in [1.54, 1.807) is 0 Å². The molecule has 2 atom stereocenters. The zero-order valence-corrected chi connectivity index (χ0v) is 42.2. The van der Waals surface area contributed by atoms with Crippen LogP contribution >= 0.6 is 0 Å². The molecule has 0 N–H and O–H groups in total. The summed E-state index contributed by atoms with van der Waals surface area (Å²) >= 11 is 0. The Morgan fingerprint density at radius 2 is 0.844 bits per heavy atom. The van der Waals surface area contributed by atoms with Crippen molar-refractivity contribution in [3.63, 3.8) is 0 Å². The SMILES string of the molecule is CC1CCC(C)CC1.CC1CCC(C)OC1.CC1COC(C)OC1.Cc1ccc(C)c2ccccc12.Cc1ccc(C)nc1.Cc1ccc2cc(C)ccc2c1.Cc1cnc(C)nc1. The molecule has 3 aliphatic rings. The molecular formula is C58H83N3O3. The molecule has 2 aromatic heterocycles. The van der Waals surface area contributed by atoms with Crippen molar-refractivity contribution in [2.45, 2.75) is 148 Å². The van der Waals surface area contributed by atoms with Gasteiger partial charge in [0.25, 0.3) is 0 Å². The van der Waals surface area contributed by atoms with Crippen LogP contribution in [-0.4, -0.2) is 47.2 Å². The first kappa shape index (κ1) is 53.8. The Morgan fingerprint density at radius 3 is 1.22 bits per heavy atom. The van der Waals surface area contributed by atoms with Crippen LogP contribution in [0, 0.1) is 79.1 Å². The molecule has 1 saturated carbocycles. The lowest BCUT2D eigenvalue weighted by Crippen LogP contribution is -2.27. The Balaban J connectivity index is 0.000000200. The Labute approximate surface area is 389 Å². The minimum atomic E-state index is 0.0196. The number of rotatable bonds is 0. The summed E-state index contributed by atoms with van der Waals surface area (Å²) in [6.07, 6.45) is 14.5. The summed E-state index contributed by atoms with van der Waals surface area (Å²) in [7, 11) is 0. The fraction of sp³-hybridized carbons (Fsp3) is 0.500. The van der Waals surface area contributed by atoms with Crippen LogP contribution < -0.4 is 0 Å². The number of aromatic nitrogens is 3. The van der Waals surface area contributed by atoms with Crippen LogP contribution in [0.1, 0.15) is 125 Å². The number of benzene rings is 4. The van der Waals surface area contributed by atoms with Gasteiger partial charge in [-0.2, -0.15) is 0 Å². The summed E-state index contributed by atoms with van der Waals surface area (Å²) < 4.78 is 15.7. The van der Waals surface area contributed by atoms with Crippen molar-refractivity contribution in [3.05, 3.63) is 148 Å². The summed E-state index contributed by atoms with van der Waals surface area (Å²) in [6.45, 7) is 32.3. The van der Waals surface area contributed by atoms with Gasteiger partial charge in [0.15, 0.2) is 6.29 Å². The molecule has 0 spiro atoms. The highest BCUT2D eigenvalue weighted by Gasteiger charge is 2.15. The topological polar surface area (TPSA) is 66.4 Å². The van der Waals surface area contributed by atoms with E-state index in [4.69, 9.17) is 14.2 Å². The van der Waals surface area contributed by atoms with Crippen LogP contribution in [0.5, 0.6) is 0 Å². The maximum Gasteiger partial charge on any atom is 0.154 e. The number of fused-ring (bicyclic) bond motifs is 2. The van der Waals surface area contributed by atoms with Gasteiger partial charge in [-0.1, -0.05) is 143 Å². The van der Waals surface area contributed by atoms with Gasteiger partial charge >= 0.3 is 0 Å². The number of ether oxygens (including phenoxy) is 3. The smallest absolute Gasteiger partial charge is 0.154 e. The zero-order chi connectivity index (χ0) is 47.0. The summed E-state index contributed by atoms with van der Waals surface area (Å²) in [5, 5.41) is 5.41. The zero-order valence-electron chi connectivity index (χ0n) is 42.2.